The van der Waals surface area contributed by atoms with E-state index in [4.69, 9.17) is 16.1 Å². The van der Waals surface area contributed by atoms with Crippen LogP contribution in [0.15, 0.2) is 48.5 Å². The maximum Gasteiger partial charge on any atom is 0.338 e. The summed E-state index contributed by atoms with van der Waals surface area (Å²) in [6.07, 6.45) is 0.963. The van der Waals surface area contributed by atoms with E-state index in [2.05, 4.69) is 12.0 Å². The van der Waals surface area contributed by atoms with Crippen LogP contribution in [0.5, 0.6) is 5.75 Å². The molecule has 0 amide bonds. The van der Waals surface area contributed by atoms with E-state index >= 15 is 0 Å². The van der Waals surface area contributed by atoms with Crippen LogP contribution in [-0.4, -0.2) is 6.66 Å². The van der Waals surface area contributed by atoms with Gasteiger partial charge in [0.05, 0.1) is 0 Å². The first-order chi connectivity index (χ1) is 9.48. The molecule has 2 rings (SSSR count). The Morgan fingerprint density at radius 3 is 2.50 bits per heavy atom. The number of hydrogen-bond acceptors (Lipinski definition) is 2. The van der Waals surface area contributed by atoms with Gasteiger partial charge in [-0.1, -0.05) is 36.7 Å². The summed E-state index contributed by atoms with van der Waals surface area (Å²) in [6.45, 7) is 3.63. The minimum atomic E-state index is -2.99. The molecule has 0 aliphatic rings. The zero-order chi connectivity index (χ0) is 14.6. The molecule has 0 aliphatic carbocycles. The second-order valence-electron chi connectivity index (χ2n) is 4.56. The van der Waals surface area contributed by atoms with E-state index in [0.717, 1.165) is 6.42 Å². The number of halogens is 1. The molecule has 1 atom stereocenters. The zero-order valence-corrected chi connectivity index (χ0v) is 13.1. The Balaban J connectivity index is 2.08. The largest absolute Gasteiger partial charge is 0.429 e. The minimum Gasteiger partial charge on any atom is -0.429 e. The Kier molecular flexibility index (Phi) is 4.74. The highest BCUT2D eigenvalue weighted by Gasteiger charge is 2.17. The van der Waals surface area contributed by atoms with Crippen molar-refractivity contribution in [3.8, 4) is 5.75 Å². The van der Waals surface area contributed by atoms with Crippen LogP contribution in [0, 0.1) is 0 Å². The molecule has 20 heavy (non-hydrogen) atoms. The molecular formula is C15H17ClNO2P. The Morgan fingerprint density at radius 2 is 1.90 bits per heavy atom. The summed E-state index contributed by atoms with van der Waals surface area (Å²) in [5, 5.41) is 3.47. The first-order valence-electron chi connectivity index (χ1n) is 6.38. The lowest BCUT2D eigenvalue weighted by Gasteiger charge is -2.17. The van der Waals surface area contributed by atoms with E-state index in [1.807, 2.05) is 24.3 Å². The van der Waals surface area contributed by atoms with Crippen LogP contribution in [0.1, 0.15) is 12.5 Å². The number of anilines is 1. The first kappa shape index (κ1) is 15.0. The molecule has 0 aromatic heterocycles. The van der Waals surface area contributed by atoms with Crippen molar-refractivity contribution >= 4 is 24.8 Å². The van der Waals surface area contributed by atoms with Crippen LogP contribution in [-0.2, 0) is 11.0 Å². The second kappa shape index (κ2) is 6.34. The number of aryl methyl sites for hydroxylation is 1. The van der Waals surface area contributed by atoms with Gasteiger partial charge in [0.1, 0.15) is 5.75 Å². The summed E-state index contributed by atoms with van der Waals surface area (Å²) < 4.78 is 18.0. The lowest BCUT2D eigenvalue weighted by Crippen LogP contribution is -2.02. The summed E-state index contributed by atoms with van der Waals surface area (Å²) >= 11 is 5.90. The highest BCUT2D eigenvalue weighted by molar-refractivity contribution is 7.60. The average Bonchev–Trinajstić information content (AvgIpc) is 2.38. The van der Waals surface area contributed by atoms with Crippen LogP contribution >= 0.6 is 19.1 Å². The third kappa shape index (κ3) is 4.29. The molecule has 1 N–H and O–H groups in total. The van der Waals surface area contributed by atoms with E-state index < -0.39 is 7.52 Å². The molecule has 0 bridgehead atoms. The van der Waals surface area contributed by atoms with E-state index in [0.29, 0.717) is 16.5 Å². The molecule has 2 aromatic carbocycles. The normalized spacial score (nSPS) is 13.6. The molecule has 5 heteroatoms. The molecule has 3 nitrogen and oxygen atoms in total. The third-order valence-electron chi connectivity index (χ3n) is 2.77. The van der Waals surface area contributed by atoms with Gasteiger partial charge in [0, 0.05) is 17.4 Å². The van der Waals surface area contributed by atoms with Gasteiger partial charge in [-0.3, -0.25) is 4.57 Å². The molecule has 0 spiro atoms. The van der Waals surface area contributed by atoms with Gasteiger partial charge >= 0.3 is 7.52 Å². The van der Waals surface area contributed by atoms with Gasteiger partial charge in [-0.25, -0.2) is 0 Å². The van der Waals surface area contributed by atoms with Gasteiger partial charge in [0.25, 0.3) is 0 Å². The molecule has 0 radical (unpaired) electrons. The fraction of sp³-hybridized carbons (Fsp3) is 0.200. The summed E-state index contributed by atoms with van der Waals surface area (Å²) in [5.41, 5.74) is 1.89. The smallest absolute Gasteiger partial charge is 0.338 e. The van der Waals surface area contributed by atoms with Crippen molar-refractivity contribution in [2.45, 2.75) is 13.3 Å². The molecule has 1 unspecified atom stereocenters. The van der Waals surface area contributed by atoms with Crippen molar-refractivity contribution in [3.05, 3.63) is 59.1 Å². The highest BCUT2D eigenvalue weighted by atomic mass is 35.5. The zero-order valence-electron chi connectivity index (χ0n) is 11.5. The van der Waals surface area contributed by atoms with Gasteiger partial charge in [0.15, 0.2) is 0 Å². The quantitative estimate of drug-likeness (QED) is 0.770. The SMILES string of the molecule is CCc1ccc(OP(C)(=O)Nc2cccc(Cl)c2)cc1. The summed E-state index contributed by atoms with van der Waals surface area (Å²) in [5.74, 6) is 0.586. The second-order valence-corrected chi connectivity index (χ2v) is 7.09. The third-order valence-corrected chi connectivity index (χ3v) is 4.23. The van der Waals surface area contributed by atoms with Gasteiger partial charge in [0.2, 0.25) is 0 Å². The van der Waals surface area contributed by atoms with Crippen LogP contribution in [0.25, 0.3) is 0 Å². The first-order valence-corrected chi connectivity index (χ1v) is 8.83. The Bertz CT molecular complexity index is 628. The summed E-state index contributed by atoms with van der Waals surface area (Å²) in [7, 11) is -2.99. The Morgan fingerprint density at radius 1 is 1.20 bits per heavy atom. The number of hydrogen-bond donors (Lipinski definition) is 1. The van der Waals surface area contributed by atoms with Crippen LogP contribution < -0.4 is 9.61 Å². The van der Waals surface area contributed by atoms with Gasteiger partial charge < -0.3 is 9.61 Å². The standard InChI is InChI=1S/C15H17ClNO2P/c1-3-12-7-9-15(10-8-12)19-20(2,18)17-14-6-4-5-13(16)11-14/h4-11H,3H2,1-2H3,(H,17,18). The van der Waals surface area contributed by atoms with E-state index in [1.165, 1.54) is 5.56 Å². The van der Waals surface area contributed by atoms with Crippen molar-refractivity contribution < 1.29 is 9.09 Å². The number of benzene rings is 2. The number of nitrogens with one attached hydrogen (secondary N) is 1. The molecule has 0 saturated carbocycles. The van der Waals surface area contributed by atoms with Crippen molar-refractivity contribution in [2.24, 2.45) is 0 Å². The lowest BCUT2D eigenvalue weighted by atomic mass is 10.2. The molecule has 2 aromatic rings. The van der Waals surface area contributed by atoms with Gasteiger partial charge in [-0.2, -0.15) is 0 Å². The molecule has 0 saturated heterocycles. The van der Waals surface area contributed by atoms with Crippen LogP contribution in [0.4, 0.5) is 5.69 Å². The molecule has 0 heterocycles. The van der Waals surface area contributed by atoms with Gasteiger partial charge in [-0.15, -0.1) is 0 Å². The Labute approximate surface area is 124 Å². The molecule has 0 aliphatic heterocycles. The summed E-state index contributed by atoms with van der Waals surface area (Å²) in [4.78, 5) is 0. The van der Waals surface area contributed by atoms with E-state index in [1.54, 1.807) is 30.9 Å². The van der Waals surface area contributed by atoms with Crippen molar-refractivity contribution in [1.29, 1.82) is 0 Å². The van der Waals surface area contributed by atoms with Crippen LogP contribution in [0.2, 0.25) is 5.02 Å². The summed E-state index contributed by atoms with van der Waals surface area (Å²) in [6, 6.07) is 14.7. The fourth-order valence-electron chi connectivity index (χ4n) is 1.80. The van der Waals surface area contributed by atoms with Gasteiger partial charge in [-0.05, 0) is 42.3 Å². The average molecular weight is 310 g/mol. The Hall–Kier alpha value is -1.44. The van der Waals surface area contributed by atoms with Crippen LogP contribution in [0.3, 0.4) is 0 Å². The predicted octanol–water partition coefficient (Wildman–Crippen LogP) is 5.22. The minimum absolute atomic E-state index is 0.585. The van der Waals surface area contributed by atoms with Crippen molar-refractivity contribution in [2.75, 3.05) is 11.8 Å². The highest BCUT2D eigenvalue weighted by Crippen LogP contribution is 2.43. The number of rotatable bonds is 5. The van der Waals surface area contributed by atoms with Crippen molar-refractivity contribution in [1.82, 2.24) is 0 Å². The molecular weight excluding hydrogens is 293 g/mol. The van der Waals surface area contributed by atoms with E-state index in [9.17, 15) is 4.57 Å². The maximum absolute atomic E-state index is 12.4. The maximum atomic E-state index is 12.4. The molecule has 106 valence electrons. The fourth-order valence-corrected chi connectivity index (χ4v) is 3.17. The van der Waals surface area contributed by atoms with Crippen molar-refractivity contribution in [3.63, 3.8) is 0 Å². The predicted molar refractivity (Wildman–Crippen MR) is 85.1 cm³/mol. The molecule has 0 fully saturated rings. The van der Waals surface area contributed by atoms with E-state index in [-0.39, 0.29) is 0 Å². The topological polar surface area (TPSA) is 38.3 Å². The lowest BCUT2D eigenvalue weighted by molar-refractivity contribution is 0.493. The monoisotopic (exact) mass is 309 g/mol.